The van der Waals surface area contributed by atoms with Gasteiger partial charge < -0.3 is 0 Å². The zero-order chi connectivity index (χ0) is 2.71. The van der Waals surface area contributed by atoms with E-state index >= 15 is 0 Å². The van der Waals surface area contributed by atoms with Crippen LogP contribution in [0.25, 0.3) is 0 Å². The van der Waals surface area contributed by atoms with Gasteiger partial charge in [0.1, 0.15) is 0 Å². The van der Waals surface area contributed by atoms with E-state index in [1.54, 1.807) is 4.91 Å². The third kappa shape index (κ3) is 14.1. The maximum absolute atomic E-state index is 3.36. The van der Waals surface area contributed by atoms with Crippen molar-refractivity contribution in [2.45, 2.75) is 0 Å². The number of hydrogen-bond acceptors (Lipinski definition) is 0. The van der Waals surface area contributed by atoms with E-state index in [0.717, 1.165) is 0 Å². The van der Waals surface area contributed by atoms with Gasteiger partial charge in [0.05, 0.1) is 0 Å². The van der Waals surface area contributed by atoms with Crippen LogP contribution in [0.1, 0.15) is 0 Å². The monoisotopic (exact) mass is 164 g/mol. The van der Waals surface area contributed by atoms with Crippen LogP contribution in [0.5, 0.6) is 0 Å². The Kier molecular flexibility index (Phi) is 20.3. The smallest absolute Gasteiger partial charge is 1.00 e. The van der Waals surface area contributed by atoms with Crippen molar-refractivity contribution in [2.24, 2.45) is 0 Å². The van der Waals surface area contributed by atoms with E-state index < -0.39 is 0 Å². The van der Waals surface area contributed by atoms with Crippen molar-refractivity contribution in [1.82, 2.24) is 0 Å². The van der Waals surface area contributed by atoms with Crippen LogP contribution < -0.4 is 0 Å². The molecule has 0 saturated heterocycles. The molecule has 3 radical (unpaired) electrons. The van der Waals surface area contributed by atoms with Gasteiger partial charge >= 0.3 is 45.1 Å². The molecule has 0 unspecified atom stereocenters. The summed E-state index contributed by atoms with van der Waals surface area (Å²) in [6.45, 7) is 3.36. The molecule has 0 aromatic rings. The molecule has 0 N–H and O–H groups in total. The Morgan fingerprint density at radius 3 is 1.75 bits per heavy atom. The summed E-state index contributed by atoms with van der Waals surface area (Å²) in [5, 5.41) is 0. The molecular weight excluding hydrogens is 160 g/mol. The van der Waals surface area contributed by atoms with Gasteiger partial charge in [-0.2, -0.15) is 0 Å². The van der Waals surface area contributed by atoms with Gasteiger partial charge in [-0.15, -0.1) is 0 Å². The molecule has 0 aliphatic rings. The summed E-state index contributed by atoms with van der Waals surface area (Å²) in [4.78, 5) is 1.75. The van der Waals surface area contributed by atoms with E-state index in [9.17, 15) is 0 Å². The Hall–Kier alpha value is 0.802. The first-order valence-corrected chi connectivity index (χ1v) is 1.91. The summed E-state index contributed by atoms with van der Waals surface area (Å²) in [6.07, 6.45) is 0. The van der Waals surface area contributed by atoms with E-state index in [1.807, 2.05) is 16.5 Å². The Labute approximate surface area is 45.4 Å². The Bertz CT molecular complexity index is 13.5. The van der Waals surface area contributed by atoms with E-state index in [0.29, 0.717) is 0 Å². The van der Waals surface area contributed by atoms with Crippen LogP contribution in [0.15, 0.2) is 11.5 Å². The second-order valence-electron chi connectivity index (χ2n) is 0.204. The summed E-state index contributed by atoms with van der Waals surface area (Å²) in [6, 6.07) is 0. The van der Waals surface area contributed by atoms with Crippen molar-refractivity contribution in [2.75, 3.05) is 0 Å². The van der Waals surface area contributed by atoms with Crippen molar-refractivity contribution in [3.63, 3.8) is 0 Å². The summed E-state index contributed by atoms with van der Waals surface area (Å²) in [5.74, 6) is 0. The fourth-order valence-electron chi connectivity index (χ4n) is 0. The first-order chi connectivity index (χ1) is 1.41. The number of hydrogen-bond donors (Lipinski definition) is 0. The topological polar surface area (TPSA) is 0 Å². The second-order valence-corrected chi connectivity index (χ2v) is 1.06. The predicted molar refractivity (Wildman–Crippen MR) is 16.0 cm³/mol. The zero-order valence-corrected chi connectivity index (χ0v) is 5.13. The molecule has 0 aromatic carbocycles. The quantitative estimate of drug-likeness (QED) is 0.450. The predicted octanol–water partition coefficient (Wildman–Crippen LogP) is 0.296. The van der Waals surface area contributed by atoms with E-state index in [2.05, 4.69) is 6.58 Å². The molecule has 2 heteroatoms. The second kappa shape index (κ2) is 9.19. The van der Waals surface area contributed by atoms with Gasteiger partial charge in [-0.05, 0) is 0 Å². The standard InChI is InChI=1S/C2H3Ge.Cu/c1-2-3;/h2H,1H2;/q;+1. The molecule has 0 aliphatic carbocycles. The van der Waals surface area contributed by atoms with Gasteiger partial charge in [0.25, 0.3) is 0 Å². The fraction of sp³-hybridized carbons (Fsp3) is 0. The van der Waals surface area contributed by atoms with Crippen LogP contribution in [-0.2, 0) is 17.1 Å². The SMILES string of the molecule is C=[CH][Ge].[Cu+]. The minimum Gasteiger partial charge on any atom is 1.00 e. The molecule has 0 bridgehead atoms. The molecule has 0 heterocycles. The summed E-state index contributed by atoms with van der Waals surface area (Å²) in [7, 11) is 0. The molecule has 0 fully saturated rings. The summed E-state index contributed by atoms with van der Waals surface area (Å²) in [5.41, 5.74) is 0. The molecule has 0 rings (SSSR count). The third-order valence-electron chi connectivity index (χ3n) is 0. The summed E-state index contributed by atoms with van der Waals surface area (Å²) < 4.78 is 0. The first-order valence-electron chi connectivity index (χ1n) is 0.697. The fourth-order valence-corrected chi connectivity index (χ4v) is 0. The van der Waals surface area contributed by atoms with Crippen LogP contribution >= 0.6 is 0 Å². The Morgan fingerprint density at radius 2 is 1.75 bits per heavy atom. The zero-order valence-electron chi connectivity index (χ0n) is 2.09. The number of rotatable bonds is 0. The average Bonchev–Trinajstić information content (AvgIpc) is 0.918. The molecule has 0 saturated carbocycles. The van der Waals surface area contributed by atoms with E-state index in [1.165, 1.54) is 0 Å². The van der Waals surface area contributed by atoms with Crippen molar-refractivity contribution in [3.05, 3.63) is 11.5 Å². The Morgan fingerprint density at radius 1 is 1.75 bits per heavy atom. The minimum atomic E-state index is 0. The molecule has 25 valence electrons. The molecule has 4 heavy (non-hydrogen) atoms. The van der Waals surface area contributed by atoms with Gasteiger partial charge in [-0.3, -0.25) is 0 Å². The van der Waals surface area contributed by atoms with Gasteiger partial charge in [0.15, 0.2) is 0 Å². The maximum atomic E-state index is 3.36. The van der Waals surface area contributed by atoms with Crippen LogP contribution in [0, 0.1) is 0 Å². The molecule has 0 nitrogen and oxygen atoms in total. The largest absolute Gasteiger partial charge is 1.00 e. The molecule has 0 spiro atoms. The van der Waals surface area contributed by atoms with Crippen LogP contribution in [0.2, 0.25) is 0 Å². The van der Waals surface area contributed by atoms with Crippen molar-refractivity contribution in [1.29, 1.82) is 0 Å². The van der Waals surface area contributed by atoms with Gasteiger partial charge in [0.2, 0.25) is 0 Å². The van der Waals surface area contributed by atoms with Crippen LogP contribution in [0.4, 0.5) is 0 Å². The third-order valence-corrected chi connectivity index (χ3v) is 0. The van der Waals surface area contributed by atoms with Gasteiger partial charge in [-0.1, -0.05) is 0 Å². The van der Waals surface area contributed by atoms with Crippen molar-refractivity contribution in [3.8, 4) is 0 Å². The molecule has 0 atom stereocenters. The van der Waals surface area contributed by atoms with E-state index in [-0.39, 0.29) is 17.1 Å². The van der Waals surface area contributed by atoms with Gasteiger partial charge in [0, 0.05) is 0 Å². The van der Waals surface area contributed by atoms with Crippen LogP contribution in [0.3, 0.4) is 0 Å². The normalized spacial score (nSPS) is 3.25. The molecular formula is C2H3CuGe+. The van der Waals surface area contributed by atoms with Crippen molar-refractivity contribution >= 4 is 16.5 Å². The van der Waals surface area contributed by atoms with E-state index in [4.69, 9.17) is 0 Å². The van der Waals surface area contributed by atoms with Crippen LogP contribution in [-0.4, -0.2) is 16.5 Å². The molecule has 0 aliphatic heterocycles. The van der Waals surface area contributed by atoms with Gasteiger partial charge in [-0.25, -0.2) is 0 Å². The first kappa shape index (κ1) is 8.84. The van der Waals surface area contributed by atoms with Crippen molar-refractivity contribution < 1.29 is 17.1 Å². The average molecular weight is 163 g/mol. The Balaban J connectivity index is 0. The minimum absolute atomic E-state index is 0. The maximum Gasteiger partial charge on any atom is 1.00 e. The summed E-state index contributed by atoms with van der Waals surface area (Å²) >= 11 is 1.89. The molecule has 0 amide bonds. The molecule has 0 aromatic heterocycles.